The van der Waals surface area contributed by atoms with Crippen molar-refractivity contribution in [3.05, 3.63) is 0 Å². The minimum Gasteiger partial charge on any atom is -0.273 e. The second kappa shape index (κ2) is 4.80. The largest absolute Gasteiger partial charge is 0.281 e. The molecule has 0 bridgehead atoms. The van der Waals surface area contributed by atoms with E-state index in [4.69, 9.17) is 0 Å². The Hall–Kier alpha value is 0.01000. The fraction of sp³-hybridized carbons (Fsp3) is 1.00. The van der Waals surface area contributed by atoms with E-state index >= 15 is 0 Å². The van der Waals surface area contributed by atoms with E-state index in [0.29, 0.717) is 6.42 Å². The normalized spacial score (nSPS) is 15.1. The van der Waals surface area contributed by atoms with Crippen LogP contribution in [0.25, 0.3) is 0 Å². The van der Waals surface area contributed by atoms with Gasteiger partial charge in [0.05, 0.1) is 6.61 Å². The summed E-state index contributed by atoms with van der Waals surface area (Å²) < 4.78 is 36.7. The van der Waals surface area contributed by atoms with Crippen molar-refractivity contribution in [3.63, 3.8) is 0 Å². The summed E-state index contributed by atoms with van der Waals surface area (Å²) >= 11 is 0. The molecule has 0 saturated carbocycles. The first-order chi connectivity index (χ1) is 5.08. The third-order valence-corrected chi connectivity index (χ3v) is 4.28. The van der Waals surface area contributed by atoms with Crippen molar-refractivity contribution in [2.75, 3.05) is 6.61 Å². The molecule has 0 aliphatic rings. The van der Waals surface area contributed by atoms with Gasteiger partial charge < -0.3 is 0 Å². The molecule has 0 amide bonds. The molecule has 0 aliphatic carbocycles. The molecule has 0 spiro atoms. The Bertz CT molecular complexity index is 211. The Kier molecular flexibility index (Phi) is 4.81. The molecule has 1 atom stereocenters. The second-order valence-corrected chi connectivity index (χ2v) is 4.84. The van der Waals surface area contributed by atoms with E-state index in [9.17, 15) is 13.0 Å². The van der Waals surface area contributed by atoms with Gasteiger partial charge in [0.2, 0.25) is 0 Å². The minimum absolute atomic E-state index is 0.0916. The molecule has 0 aromatic carbocycles. The van der Waals surface area contributed by atoms with Gasteiger partial charge in [-0.25, -0.2) is 0 Å². The van der Waals surface area contributed by atoms with Crippen LogP contribution in [0.15, 0.2) is 0 Å². The topological polar surface area (TPSA) is 60.4 Å². The second-order valence-electron chi connectivity index (χ2n) is 1.87. The van der Waals surface area contributed by atoms with Gasteiger partial charge in [-0.3, -0.25) is 8.75 Å². The molecule has 0 aromatic rings. The Balaban J connectivity index is 4.38. The van der Waals surface area contributed by atoms with Crippen molar-refractivity contribution in [3.8, 4) is 0 Å². The van der Waals surface area contributed by atoms with Gasteiger partial charge in [-0.2, -0.15) is 8.42 Å². The monoisotopic (exact) mass is 198 g/mol. The maximum atomic E-state index is 11.0. The zero-order valence-corrected chi connectivity index (χ0v) is 8.19. The van der Waals surface area contributed by atoms with Crippen molar-refractivity contribution >= 4 is 18.6 Å². The molecule has 4 nitrogen and oxygen atoms in total. The number of rotatable bonds is 5. The van der Waals surface area contributed by atoms with E-state index < -0.39 is 23.6 Å². The van der Waals surface area contributed by atoms with E-state index in [-0.39, 0.29) is 6.61 Å². The molecular weight excluding hydrogens is 187 g/mol. The average molecular weight is 198 g/mol. The van der Waals surface area contributed by atoms with E-state index in [1.165, 1.54) is 0 Å². The van der Waals surface area contributed by atoms with Crippen LogP contribution in [0.4, 0.5) is 0 Å². The number of hydrogen-bond donors (Lipinski definition) is 0. The lowest BCUT2D eigenvalue weighted by Gasteiger charge is -2.06. The van der Waals surface area contributed by atoms with E-state index in [2.05, 4.69) is 4.18 Å². The lowest BCUT2D eigenvalue weighted by atomic mass is 10.6. The zero-order chi connectivity index (χ0) is 8.91. The van der Waals surface area contributed by atoms with Crippen molar-refractivity contribution in [1.82, 2.24) is 0 Å². The smallest absolute Gasteiger partial charge is 0.273 e. The van der Waals surface area contributed by atoms with Crippen LogP contribution in [0, 0.1) is 0 Å². The molecule has 66 valence electrons. The van der Waals surface area contributed by atoms with Gasteiger partial charge in [0.25, 0.3) is 10.1 Å². The lowest BCUT2D eigenvalue weighted by Crippen LogP contribution is -2.17. The summed E-state index contributed by atoms with van der Waals surface area (Å²) in [6, 6.07) is 0. The van der Waals surface area contributed by atoms with Gasteiger partial charge in [-0.05, 0) is 13.3 Å². The summed E-state index contributed by atoms with van der Waals surface area (Å²) in [5, 5.41) is 0. The third kappa shape index (κ3) is 3.27. The summed E-state index contributed by atoms with van der Waals surface area (Å²) in [7, 11) is -4.00. The van der Waals surface area contributed by atoms with Crippen LogP contribution in [0.5, 0.6) is 0 Å². The van der Waals surface area contributed by atoms with Crippen molar-refractivity contribution in [2.45, 2.75) is 25.3 Å². The van der Waals surface area contributed by atoms with Crippen LogP contribution in [-0.2, 0) is 18.9 Å². The van der Waals surface area contributed by atoms with Gasteiger partial charge in [-0.1, -0.05) is 6.92 Å². The summed E-state index contributed by atoms with van der Waals surface area (Å²) in [4.78, 5) is -0.914. The molecule has 0 rings (SSSR count). The highest BCUT2D eigenvalue weighted by atomic mass is 32.2. The summed E-state index contributed by atoms with van der Waals surface area (Å²) in [6.07, 6.45) is 0.299. The van der Waals surface area contributed by atoms with Crippen LogP contribution in [-0.4, -0.2) is 20.0 Å². The predicted octanol–water partition coefficient (Wildman–Crippen LogP) is 1.38. The Morgan fingerprint density at radius 1 is 1.45 bits per heavy atom. The fourth-order valence-corrected chi connectivity index (χ4v) is 2.22. The molecule has 0 radical (unpaired) electrons. The standard InChI is InChI=1S/C5H11O4PS/c1-3-5(10-6)11(7,8)9-4-2/h5H,3-4H2,1-2H3. The first-order valence-electron chi connectivity index (χ1n) is 3.29. The van der Waals surface area contributed by atoms with Gasteiger partial charge in [0, 0.05) is 0 Å². The highest BCUT2D eigenvalue weighted by Crippen LogP contribution is 2.19. The Morgan fingerprint density at radius 2 is 2.00 bits per heavy atom. The molecule has 0 fully saturated rings. The minimum atomic E-state index is -3.60. The van der Waals surface area contributed by atoms with E-state index in [1.807, 2.05) is 0 Å². The molecule has 0 heterocycles. The first-order valence-corrected chi connectivity index (χ1v) is 5.64. The fourth-order valence-electron chi connectivity index (χ4n) is 0.574. The average Bonchev–Trinajstić information content (AvgIpc) is 1.89. The van der Waals surface area contributed by atoms with Crippen molar-refractivity contribution in [1.29, 1.82) is 0 Å². The maximum Gasteiger partial charge on any atom is 0.281 e. The maximum absolute atomic E-state index is 11.0. The van der Waals surface area contributed by atoms with Gasteiger partial charge in [0.15, 0.2) is 13.5 Å². The predicted molar refractivity (Wildman–Crippen MR) is 42.2 cm³/mol. The quantitative estimate of drug-likeness (QED) is 0.494. The van der Waals surface area contributed by atoms with Gasteiger partial charge >= 0.3 is 0 Å². The Morgan fingerprint density at radius 3 is 2.27 bits per heavy atom. The van der Waals surface area contributed by atoms with Crippen LogP contribution >= 0.6 is 8.46 Å². The first kappa shape index (κ1) is 11.0. The lowest BCUT2D eigenvalue weighted by molar-refractivity contribution is 0.335. The summed E-state index contributed by atoms with van der Waals surface area (Å²) in [5.41, 5.74) is 0. The van der Waals surface area contributed by atoms with Crippen LogP contribution in [0.1, 0.15) is 20.3 Å². The summed E-state index contributed by atoms with van der Waals surface area (Å²) in [5.74, 6) is 0. The summed E-state index contributed by atoms with van der Waals surface area (Å²) in [6.45, 7) is 3.31. The van der Waals surface area contributed by atoms with Gasteiger partial charge in [-0.15, -0.1) is 0 Å². The SMILES string of the molecule is CCOS(=O)(=O)C(CC)P=O. The highest BCUT2D eigenvalue weighted by molar-refractivity contribution is 7.91. The molecule has 6 heteroatoms. The van der Waals surface area contributed by atoms with Crippen LogP contribution in [0.2, 0.25) is 0 Å². The van der Waals surface area contributed by atoms with E-state index in [1.54, 1.807) is 13.8 Å². The highest BCUT2D eigenvalue weighted by Gasteiger charge is 2.24. The van der Waals surface area contributed by atoms with E-state index in [0.717, 1.165) is 0 Å². The van der Waals surface area contributed by atoms with Crippen LogP contribution < -0.4 is 0 Å². The zero-order valence-electron chi connectivity index (χ0n) is 6.48. The van der Waals surface area contributed by atoms with Gasteiger partial charge in [0.1, 0.15) is 0 Å². The molecule has 11 heavy (non-hydrogen) atoms. The molecular formula is C5H11O4PS. The van der Waals surface area contributed by atoms with Crippen molar-refractivity contribution < 1.29 is 17.2 Å². The molecule has 0 N–H and O–H groups in total. The number of hydrogen-bond acceptors (Lipinski definition) is 4. The molecule has 0 aromatic heterocycles. The van der Waals surface area contributed by atoms with Crippen molar-refractivity contribution in [2.24, 2.45) is 0 Å². The Labute approximate surface area is 68.3 Å². The molecule has 0 saturated heterocycles. The van der Waals surface area contributed by atoms with Crippen LogP contribution in [0.3, 0.4) is 0 Å². The molecule has 1 unspecified atom stereocenters. The third-order valence-electron chi connectivity index (χ3n) is 1.08. The molecule has 0 aliphatic heterocycles.